The minimum absolute atomic E-state index is 0.160. The van der Waals surface area contributed by atoms with E-state index in [0.29, 0.717) is 26.4 Å². The van der Waals surface area contributed by atoms with Gasteiger partial charge in [-0.15, -0.1) is 0 Å². The van der Waals surface area contributed by atoms with E-state index in [2.05, 4.69) is 5.32 Å². The highest BCUT2D eigenvalue weighted by Gasteiger charge is 2.29. The number of halogens is 3. The van der Waals surface area contributed by atoms with E-state index in [0.717, 1.165) is 25.7 Å². The molecule has 0 bridgehead atoms. The molecule has 2 aromatic carbocycles. The molecule has 1 atom stereocenters. The van der Waals surface area contributed by atoms with Gasteiger partial charge in [0.1, 0.15) is 11.8 Å². The molecule has 0 spiro atoms. The Kier molecular flexibility index (Phi) is 8.47. The Labute approximate surface area is 197 Å². The fourth-order valence-electron chi connectivity index (χ4n) is 3.59. The van der Waals surface area contributed by atoms with Gasteiger partial charge < -0.3 is 15.0 Å². The molecule has 0 heterocycles. The number of carbonyl (C=O) groups is 2. The van der Waals surface area contributed by atoms with Gasteiger partial charge in [0.2, 0.25) is 5.91 Å². The summed E-state index contributed by atoms with van der Waals surface area (Å²) < 4.78 is 5.62. The van der Waals surface area contributed by atoms with E-state index in [4.69, 9.17) is 39.5 Å². The van der Waals surface area contributed by atoms with Crippen molar-refractivity contribution >= 4 is 46.6 Å². The number of carbonyl (C=O) groups excluding carboxylic acids is 2. The molecule has 0 radical (unpaired) electrons. The van der Waals surface area contributed by atoms with Crippen LogP contribution in [0.25, 0.3) is 0 Å². The molecule has 1 fully saturated rings. The Morgan fingerprint density at radius 3 is 2.48 bits per heavy atom. The van der Waals surface area contributed by atoms with E-state index < -0.39 is 6.04 Å². The third-order valence-corrected chi connectivity index (χ3v) is 6.21. The molecule has 0 aromatic heterocycles. The van der Waals surface area contributed by atoms with Crippen LogP contribution < -0.4 is 10.1 Å². The predicted octanol–water partition coefficient (Wildman–Crippen LogP) is 5.50. The van der Waals surface area contributed by atoms with Crippen molar-refractivity contribution in [1.29, 1.82) is 0 Å². The second-order valence-corrected chi connectivity index (χ2v) is 8.95. The van der Waals surface area contributed by atoms with Gasteiger partial charge in [-0.1, -0.05) is 59.8 Å². The number of amides is 2. The SMILES string of the molecule is C[C@@H](C(=O)NC1CCCC1)N(Cc1ccc(Cl)cc1Cl)C(=O)COc1cccc(Cl)c1. The quantitative estimate of drug-likeness (QED) is 0.539. The summed E-state index contributed by atoms with van der Waals surface area (Å²) in [6.45, 7) is 1.64. The maximum Gasteiger partial charge on any atom is 0.261 e. The van der Waals surface area contributed by atoms with E-state index in [9.17, 15) is 9.59 Å². The Bertz CT molecular complexity index is 932. The van der Waals surface area contributed by atoms with E-state index >= 15 is 0 Å². The van der Waals surface area contributed by atoms with Crippen LogP contribution in [0.4, 0.5) is 0 Å². The van der Waals surface area contributed by atoms with E-state index in [-0.39, 0.29) is 31.0 Å². The highest BCUT2D eigenvalue weighted by atomic mass is 35.5. The van der Waals surface area contributed by atoms with Gasteiger partial charge in [0.25, 0.3) is 5.91 Å². The number of hydrogen-bond donors (Lipinski definition) is 1. The van der Waals surface area contributed by atoms with Gasteiger partial charge in [-0.25, -0.2) is 0 Å². The topological polar surface area (TPSA) is 58.6 Å². The average Bonchev–Trinajstić information content (AvgIpc) is 3.24. The maximum absolute atomic E-state index is 13.1. The number of nitrogens with one attached hydrogen (secondary N) is 1. The summed E-state index contributed by atoms with van der Waals surface area (Å²) in [4.78, 5) is 27.4. The molecule has 2 aromatic rings. The van der Waals surface area contributed by atoms with Crippen LogP contribution >= 0.6 is 34.8 Å². The molecule has 0 unspecified atom stereocenters. The van der Waals surface area contributed by atoms with Crippen LogP contribution in [0.1, 0.15) is 38.2 Å². The van der Waals surface area contributed by atoms with Crippen LogP contribution in [-0.4, -0.2) is 35.4 Å². The van der Waals surface area contributed by atoms with Crippen molar-refractivity contribution in [3.05, 3.63) is 63.1 Å². The highest BCUT2D eigenvalue weighted by Crippen LogP contribution is 2.24. The van der Waals surface area contributed by atoms with Gasteiger partial charge in [0.05, 0.1) is 0 Å². The lowest BCUT2D eigenvalue weighted by atomic mass is 10.1. The number of hydrogen-bond acceptors (Lipinski definition) is 3. The van der Waals surface area contributed by atoms with Crippen molar-refractivity contribution < 1.29 is 14.3 Å². The summed E-state index contributed by atoms with van der Waals surface area (Å²) in [7, 11) is 0. The van der Waals surface area contributed by atoms with Crippen LogP contribution in [-0.2, 0) is 16.1 Å². The lowest BCUT2D eigenvalue weighted by Crippen LogP contribution is -2.50. The van der Waals surface area contributed by atoms with Gasteiger partial charge in [0.15, 0.2) is 6.61 Å². The average molecular weight is 484 g/mol. The molecule has 31 heavy (non-hydrogen) atoms. The first kappa shape index (κ1) is 23.7. The van der Waals surface area contributed by atoms with Crippen molar-refractivity contribution in [3.63, 3.8) is 0 Å². The Hall–Kier alpha value is -1.95. The van der Waals surface area contributed by atoms with Crippen molar-refractivity contribution in [3.8, 4) is 5.75 Å². The van der Waals surface area contributed by atoms with Crippen LogP contribution in [0, 0.1) is 0 Å². The zero-order valence-corrected chi connectivity index (χ0v) is 19.5. The lowest BCUT2D eigenvalue weighted by Gasteiger charge is -2.30. The minimum atomic E-state index is -0.692. The molecule has 1 N–H and O–H groups in total. The third-order valence-electron chi connectivity index (χ3n) is 5.38. The molecular formula is C23H25Cl3N2O3. The van der Waals surface area contributed by atoms with Gasteiger partial charge in [-0.2, -0.15) is 0 Å². The minimum Gasteiger partial charge on any atom is -0.484 e. The second-order valence-electron chi connectivity index (χ2n) is 7.67. The molecule has 0 aliphatic heterocycles. The summed E-state index contributed by atoms with van der Waals surface area (Å²) in [5.74, 6) is -0.0402. The predicted molar refractivity (Wildman–Crippen MR) is 124 cm³/mol. The summed E-state index contributed by atoms with van der Waals surface area (Å²) in [5, 5.41) is 4.51. The lowest BCUT2D eigenvalue weighted by molar-refractivity contribution is -0.142. The highest BCUT2D eigenvalue weighted by molar-refractivity contribution is 6.35. The van der Waals surface area contributed by atoms with Crippen LogP contribution in [0.3, 0.4) is 0 Å². The van der Waals surface area contributed by atoms with Crippen LogP contribution in [0.5, 0.6) is 5.75 Å². The molecular weight excluding hydrogens is 459 g/mol. The first-order chi connectivity index (χ1) is 14.8. The fourth-order valence-corrected chi connectivity index (χ4v) is 4.24. The first-order valence-electron chi connectivity index (χ1n) is 10.3. The smallest absolute Gasteiger partial charge is 0.261 e. The number of benzene rings is 2. The summed E-state index contributed by atoms with van der Waals surface area (Å²) in [5.41, 5.74) is 0.697. The molecule has 1 aliphatic carbocycles. The number of nitrogens with zero attached hydrogens (tertiary/aromatic N) is 1. The molecule has 1 aliphatic rings. The first-order valence-corrected chi connectivity index (χ1v) is 11.4. The summed E-state index contributed by atoms with van der Waals surface area (Å²) in [6, 6.07) is 11.4. The molecule has 1 saturated carbocycles. The Morgan fingerprint density at radius 2 is 1.81 bits per heavy atom. The zero-order valence-electron chi connectivity index (χ0n) is 17.2. The monoisotopic (exact) mass is 482 g/mol. The maximum atomic E-state index is 13.1. The summed E-state index contributed by atoms with van der Waals surface area (Å²) >= 11 is 18.3. The molecule has 2 amide bonds. The van der Waals surface area contributed by atoms with Crippen LogP contribution in [0.15, 0.2) is 42.5 Å². The molecule has 8 heteroatoms. The standard InChI is InChI=1S/C23H25Cl3N2O3/c1-15(23(30)27-19-6-2-3-7-19)28(13-16-9-10-18(25)12-21(16)26)22(29)14-31-20-8-4-5-17(24)11-20/h4-5,8-12,15,19H,2-3,6-7,13-14H2,1H3,(H,27,30)/t15-/m0/s1. The summed E-state index contributed by atoms with van der Waals surface area (Å²) in [6.07, 6.45) is 4.15. The third kappa shape index (κ3) is 6.76. The van der Waals surface area contributed by atoms with Gasteiger partial charge in [-0.05, 0) is 55.7 Å². The van der Waals surface area contributed by atoms with Crippen molar-refractivity contribution in [2.24, 2.45) is 0 Å². The van der Waals surface area contributed by atoms with Gasteiger partial charge in [-0.3, -0.25) is 9.59 Å². The Morgan fingerprint density at radius 1 is 1.10 bits per heavy atom. The zero-order chi connectivity index (χ0) is 22.4. The molecule has 166 valence electrons. The molecule has 0 saturated heterocycles. The van der Waals surface area contributed by atoms with Crippen molar-refractivity contribution in [2.45, 2.75) is 51.2 Å². The fraction of sp³-hybridized carbons (Fsp3) is 0.391. The van der Waals surface area contributed by atoms with Gasteiger partial charge >= 0.3 is 0 Å². The van der Waals surface area contributed by atoms with Crippen LogP contribution in [0.2, 0.25) is 15.1 Å². The molecule has 3 rings (SSSR count). The molecule has 5 nitrogen and oxygen atoms in total. The van der Waals surface area contributed by atoms with Gasteiger partial charge in [0, 0.05) is 27.7 Å². The normalized spacial score (nSPS) is 14.8. The van der Waals surface area contributed by atoms with E-state index in [1.54, 1.807) is 49.4 Å². The van der Waals surface area contributed by atoms with Crippen molar-refractivity contribution in [2.75, 3.05) is 6.61 Å². The Balaban J connectivity index is 1.74. The second kappa shape index (κ2) is 11.1. The van der Waals surface area contributed by atoms with E-state index in [1.165, 1.54) is 4.90 Å². The van der Waals surface area contributed by atoms with Crippen molar-refractivity contribution in [1.82, 2.24) is 10.2 Å². The van der Waals surface area contributed by atoms with E-state index in [1.807, 2.05) is 0 Å². The number of ether oxygens (including phenoxy) is 1. The largest absolute Gasteiger partial charge is 0.484 e. The number of rotatable bonds is 8.